The highest BCUT2D eigenvalue weighted by Gasteiger charge is 2.57. The van der Waals surface area contributed by atoms with Gasteiger partial charge in [0.1, 0.15) is 24.9 Å². The van der Waals surface area contributed by atoms with Gasteiger partial charge in [0.05, 0.1) is 19.1 Å². The van der Waals surface area contributed by atoms with Crippen LogP contribution in [0.4, 0.5) is 0 Å². The zero-order chi connectivity index (χ0) is 14.0. The average molecular weight is 284 g/mol. The van der Waals surface area contributed by atoms with Gasteiger partial charge >= 0.3 is 5.97 Å². The van der Waals surface area contributed by atoms with Gasteiger partial charge in [0.25, 0.3) is 6.47 Å². The third kappa shape index (κ3) is 2.96. The van der Waals surface area contributed by atoms with E-state index in [-0.39, 0.29) is 30.5 Å². The van der Waals surface area contributed by atoms with E-state index >= 15 is 0 Å². The zero-order valence-electron chi connectivity index (χ0n) is 11.4. The second-order valence-corrected chi connectivity index (χ2v) is 5.84. The van der Waals surface area contributed by atoms with Crippen LogP contribution in [0.25, 0.3) is 0 Å². The number of hydrogen-bond acceptors (Lipinski definition) is 6. The molecule has 0 aromatic heterocycles. The Kier molecular flexibility index (Phi) is 3.94. The molecule has 0 amide bonds. The lowest BCUT2D eigenvalue weighted by atomic mass is 9.72. The Hall–Kier alpha value is -1.14. The van der Waals surface area contributed by atoms with Crippen LogP contribution in [0.1, 0.15) is 25.7 Å². The summed E-state index contributed by atoms with van der Waals surface area (Å²) < 4.78 is 20.8. The third-order valence-corrected chi connectivity index (χ3v) is 4.47. The van der Waals surface area contributed by atoms with Gasteiger partial charge in [0, 0.05) is 5.92 Å². The molecule has 0 bridgehead atoms. The van der Waals surface area contributed by atoms with E-state index < -0.39 is 5.60 Å². The molecule has 112 valence electrons. The van der Waals surface area contributed by atoms with Gasteiger partial charge in [-0.05, 0) is 12.8 Å². The smallest absolute Gasteiger partial charge is 0.309 e. The first-order valence-electron chi connectivity index (χ1n) is 7.22. The monoisotopic (exact) mass is 284 g/mol. The van der Waals surface area contributed by atoms with E-state index in [9.17, 15) is 9.59 Å². The van der Waals surface area contributed by atoms with E-state index in [0.717, 1.165) is 25.7 Å². The normalized spacial score (nSPS) is 38.9. The first-order valence-corrected chi connectivity index (χ1v) is 7.22. The van der Waals surface area contributed by atoms with Gasteiger partial charge in [-0.1, -0.05) is 12.8 Å². The fraction of sp³-hybridized carbons (Fsp3) is 0.857. The predicted octanol–water partition coefficient (Wildman–Crippen LogP) is 0.677. The molecule has 4 atom stereocenters. The predicted molar refractivity (Wildman–Crippen MR) is 66.8 cm³/mol. The number of carbonyl (C=O) groups excluding carboxylic acids is 2. The van der Waals surface area contributed by atoms with Gasteiger partial charge in [-0.2, -0.15) is 0 Å². The number of ether oxygens (including phenoxy) is 4. The molecule has 2 aliphatic heterocycles. The van der Waals surface area contributed by atoms with Crippen LogP contribution in [0.5, 0.6) is 0 Å². The number of hydrogen-bond donors (Lipinski definition) is 0. The molecular weight excluding hydrogens is 264 g/mol. The SMILES string of the molecule is O=COCC1(C2CCCCC2C(=O)OCC2CO2)CO1. The van der Waals surface area contributed by atoms with Crippen LogP contribution in [0.15, 0.2) is 0 Å². The minimum Gasteiger partial charge on any atom is -0.465 e. The van der Waals surface area contributed by atoms with Gasteiger partial charge in [0.2, 0.25) is 0 Å². The summed E-state index contributed by atoms with van der Waals surface area (Å²) in [6, 6.07) is 0. The van der Waals surface area contributed by atoms with Crippen LogP contribution in [-0.4, -0.2) is 50.6 Å². The molecule has 6 nitrogen and oxygen atoms in total. The molecule has 2 saturated heterocycles. The fourth-order valence-corrected chi connectivity index (χ4v) is 3.16. The van der Waals surface area contributed by atoms with Crippen molar-refractivity contribution in [1.82, 2.24) is 0 Å². The van der Waals surface area contributed by atoms with Gasteiger partial charge in [0.15, 0.2) is 0 Å². The molecular formula is C14H20O6. The molecule has 20 heavy (non-hydrogen) atoms. The largest absolute Gasteiger partial charge is 0.465 e. The molecule has 6 heteroatoms. The third-order valence-electron chi connectivity index (χ3n) is 4.47. The summed E-state index contributed by atoms with van der Waals surface area (Å²) in [5.41, 5.74) is -0.457. The van der Waals surface area contributed by atoms with E-state index in [1.54, 1.807) is 0 Å². The zero-order valence-corrected chi connectivity index (χ0v) is 11.4. The summed E-state index contributed by atoms with van der Waals surface area (Å²) >= 11 is 0. The number of carbonyl (C=O) groups is 2. The molecule has 3 rings (SSSR count). The van der Waals surface area contributed by atoms with E-state index in [1.807, 2.05) is 0 Å². The highest BCUT2D eigenvalue weighted by Crippen LogP contribution is 2.46. The van der Waals surface area contributed by atoms with Gasteiger partial charge in [-0.15, -0.1) is 0 Å². The molecule has 0 aromatic carbocycles. The first-order chi connectivity index (χ1) is 9.75. The Morgan fingerprint density at radius 3 is 2.75 bits per heavy atom. The molecule has 2 heterocycles. The molecule has 1 saturated carbocycles. The van der Waals surface area contributed by atoms with Crippen LogP contribution < -0.4 is 0 Å². The van der Waals surface area contributed by atoms with Crippen molar-refractivity contribution in [3.05, 3.63) is 0 Å². The molecule has 0 N–H and O–H groups in total. The van der Waals surface area contributed by atoms with Crippen LogP contribution in [-0.2, 0) is 28.5 Å². The molecule has 3 aliphatic rings. The van der Waals surface area contributed by atoms with Gasteiger partial charge in [-0.25, -0.2) is 0 Å². The number of epoxide rings is 2. The first kappa shape index (κ1) is 13.8. The average Bonchev–Trinajstić information content (AvgIpc) is 3.38. The maximum Gasteiger partial charge on any atom is 0.309 e. The summed E-state index contributed by atoms with van der Waals surface area (Å²) in [6.45, 7) is 2.25. The summed E-state index contributed by atoms with van der Waals surface area (Å²) in [6.07, 6.45) is 3.93. The Morgan fingerprint density at radius 2 is 2.10 bits per heavy atom. The highest BCUT2D eigenvalue weighted by atomic mass is 16.6. The minimum atomic E-state index is -0.457. The van der Waals surface area contributed by atoms with Crippen LogP contribution in [0.2, 0.25) is 0 Å². The second-order valence-electron chi connectivity index (χ2n) is 5.84. The lowest BCUT2D eigenvalue weighted by molar-refractivity contribution is -0.154. The Balaban J connectivity index is 1.60. The van der Waals surface area contributed by atoms with Crippen molar-refractivity contribution < 1.29 is 28.5 Å². The van der Waals surface area contributed by atoms with E-state index in [0.29, 0.717) is 26.3 Å². The summed E-state index contributed by atoms with van der Waals surface area (Å²) in [5, 5.41) is 0. The topological polar surface area (TPSA) is 77.7 Å². The number of rotatable bonds is 7. The van der Waals surface area contributed by atoms with E-state index in [1.165, 1.54) is 0 Å². The van der Waals surface area contributed by atoms with Crippen molar-refractivity contribution in [1.29, 1.82) is 0 Å². The highest BCUT2D eigenvalue weighted by molar-refractivity contribution is 5.73. The Labute approximate surface area is 117 Å². The molecule has 0 radical (unpaired) electrons. The lowest BCUT2D eigenvalue weighted by Gasteiger charge is -2.33. The maximum absolute atomic E-state index is 12.2. The summed E-state index contributed by atoms with van der Waals surface area (Å²) in [5.74, 6) is -0.227. The van der Waals surface area contributed by atoms with Crippen molar-refractivity contribution >= 4 is 12.4 Å². The van der Waals surface area contributed by atoms with Crippen LogP contribution in [0.3, 0.4) is 0 Å². The molecule has 0 spiro atoms. The second kappa shape index (κ2) is 5.69. The van der Waals surface area contributed by atoms with Crippen molar-refractivity contribution in [2.24, 2.45) is 11.8 Å². The number of esters is 1. The summed E-state index contributed by atoms with van der Waals surface area (Å²) in [7, 11) is 0. The lowest BCUT2D eigenvalue weighted by Crippen LogP contribution is -2.41. The van der Waals surface area contributed by atoms with Crippen molar-refractivity contribution in [2.45, 2.75) is 37.4 Å². The minimum absolute atomic E-state index is 0.0869. The maximum atomic E-state index is 12.2. The van der Waals surface area contributed by atoms with E-state index in [4.69, 9.17) is 18.9 Å². The fourth-order valence-electron chi connectivity index (χ4n) is 3.16. The van der Waals surface area contributed by atoms with Crippen LogP contribution in [0, 0.1) is 11.8 Å². The Morgan fingerprint density at radius 1 is 1.35 bits per heavy atom. The quantitative estimate of drug-likeness (QED) is 0.388. The summed E-state index contributed by atoms with van der Waals surface area (Å²) in [4.78, 5) is 22.6. The van der Waals surface area contributed by atoms with Crippen molar-refractivity contribution in [2.75, 3.05) is 26.4 Å². The van der Waals surface area contributed by atoms with E-state index in [2.05, 4.69) is 0 Å². The molecule has 4 unspecified atom stereocenters. The standard InChI is InChI=1S/C14H20O6/c15-9-17-7-14(8-20-14)12-4-2-1-3-11(12)13(16)19-6-10-5-18-10/h9-12H,1-8H2. The van der Waals surface area contributed by atoms with Crippen molar-refractivity contribution in [3.63, 3.8) is 0 Å². The molecule has 0 aromatic rings. The van der Waals surface area contributed by atoms with Crippen LogP contribution >= 0.6 is 0 Å². The van der Waals surface area contributed by atoms with Crippen molar-refractivity contribution in [3.8, 4) is 0 Å². The van der Waals surface area contributed by atoms with Gasteiger partial charge < -0.3 is 18.9 Å². The molecule has 3 fully saturated rings. The molecule has 1 aliphatic carbocycles. The van der Waals surface area contributed by atoms with Gasteiger partial charge in [-0.3, -0.25) is 9.59 Å². The Bertz CT molecular complexity index is 374.